The second-order valence-electron chi connectivity index (χ2n) is 8.34. The van der Waals surface area contributed by atoms with Crippen LogP contribution < -0.4 is 16.0 Å². The molecule has 1 aliphatic rings. The molecule has 32 heavy (non-hydrogen) atoms. The van der Waals surface area contributed by atoms with Crippen molar-refractivity contribution in [3.63, 3.8) is 0 Å². The van der Waals surface area contributed by atoms with Crippen molar-refractivity contribution >= 4 is 27.5 Å². The summed E-state index contributed by atoms with van der Waals surface area (Å²) in [4.78, 5) is 19.0. The fourth-order valence-corrected chi connectivity index (χ4v) is 3.62. The van der Waals surface area contributed by atoms with Gasteiger partial charge in [0.1, 0.15) is 11.4 Å². The van der Waals surface area contributed by atoms with Gasteiger partial charge < -0.3 is 16.2 Å². The number of rotatable bonds is 7. The number of amides is 1. The molecule has 176 valence electrons. The predicted molar refractivity (Wildman–Crippen MR) is 118 cm³/mol. The summed E-state index contributed by atoms with van der Waals surface area (Å²) in [6, 6.07) is 3.05. The van der Waals surface area contributed by atoms with Crippen LogP contribution in [0.1, 0.15) is 36.5 Å². The van der Waals surface area contributed by atoms with E-state index in [0.29, 0.717) is 29.3 Å². The molecule has 2 rings (SSSR count). The van der Waals surface area contributed by atoms with E-state index in [0.717, 1.165) is 12.1 Å². The van der Waals surface area contributed by atoms with Gasteiger partial charge in [-0.05, 0) is 53.9 Å². The summed E-state index contributed by atoms with van der Waals surface area (Å²) in [5, 5.41) is 13.1. The third-order valence-corrected chi connectivity index (χ3v) is 5.87. The Bertz CT molecular complexity index is 1070. The molecule has 2 unspecified atom stereocenters. The van der Waals surface area contributed by atoms with Gasteiger partial charge in [-0.1, -0.05) is 6.07 Å². The lowest BCUT2D eigenvalue weighted by Crippen LogP contribution is -2.71. The molecule has 0 fully saturated rings. The fraction of sp³-hybridized carbons (Fsp3) is 0.429. The highest BCUT2D eigenvalue weighted by atomic mass is 32.2. The second kappa shape index (κ2) is 9.45. The van der Waals surface area contributed by atoms with E-state index in [2.05, 4.69) is 21.2 Å². The van der Waals surface area contributed by atoms with Crippen molar-refractivity contribution in [1.82, 2.24) is 10.3 Å². The Morgan fingerprint density at radius 1 is 1.44 bits per heavy atom. The number of halogens is 3. The van der Waals surface area contributed by atoms with Gasteiger partial charge in [-0.3, -0.25) is 9.00 Å². The minimum Gasteiger partial charge on any atom is -0.401 e. The van der Waals surface area contributed by atoms with Crippen LogP contribution in [0.4, 0.5) is 13.2 Å². The van der Waals surface area contributed by atoms with Crippen LogP contribution in [-0.2, 0) is 15.7 Å². The van der Waals surface area contributed by atoms with Gasteiger partial charge in [0.25, 0.3) is 5.91 Å². The molecule has 1 aromatic heterocycles. The molecule has 1 heterocycles. The summed E-state index contributed by atoms with van der Waals surface area (Å²) in [5.74, 6) is 2.47. The lowest BCUT2D eigenvalue weighted by molar-refractivity contribution is -0.445. The van der Waals surface area contributed by atoms with E-state index >= 15 is 0 Å². The summed E-state index contributed by atoms with van der Waals surface area (Å²) < 4.78 is 50.5. The average molecular weight is 474 g/mol. The zero-order valence-electron chi connectivity index (χ0n) is 18.1. The maximum atomic E-state index is 12.9. The van der Waals surface area contributed by atoms with Crippen molar-refractivity contribution in [2.75, 3.05) is 18.6 Å². The van der Waals surface area contributed by atoms with Gasteiger partial charge in [-0.15, -0.1) is 0 Å². The summed E-state index contributed by atoms with van der Waals surface area (Å²) in [6.45, 7) is 3.48. The molecular formula is C21H28F3N4O3S+. The quantitative estimate of drug-likeness (QED) is 0.334. The molecule has 11 heteroatoms. The molecule has 0 aliphatic heterocycles. The number of nitrogens with two attached hydrogens (primary N) is 1. The lowest BCUT2D eigenvalue weighted by atomic mass is 9.80. The van der Waals surface area contributed by atoms with Crippen molar-refractivity contribution in [3.8, 4) is 0 Å². The molecule has 0 spiro atoms. The molecule has 0 saturated heterocycles. The van der Waals surface area contributed by atoms with Gasteiger partial charge >= 0.3 is 6.18 Å². The van der Waals surface area contributed by atoms with Crippen LogP contribution in [-0.4, -0.2) is 56.4 Å². The zero-order valence-corrected chi connectivity index (χ0v) is 18.9. The van der Waals surface area contributed by atoms with Gasteiger partial charge in [0.15, 0.2) is 12.8 Å². The van der Waals surface area contributed by atoms with Crippen molar-refractivity contribution in [2.45, 2.75) is 32.0 Å². The topological polar surface area (TPSA) is 119 Å². The number of aromatic nitrogens is 1. The van der Waals surface area contributed by atoms with Crippen LogP contribution in [0.5, 0.6) is 0 Å². The van der Waals surface area contributed by atoms with Gasteiger partial charge in [0.2, 0.25) is 0 Å². The van der Waals surface area contributed by atoms with Crippen molar-refractivity contribution < 1.29 is 32.3 Å². The molecule has 1 aromatic rings. The van der Waals surface area contributed by atoms with Gasteiger partial charge in [0.05, 0.1) is 16.9 Å². The maximum Gasteiger partial charge on any atom is 0.433 e. The zero-order chi connectivity index (χ0) is 24.3. The smallest absolute Gasteiger partial charge is 0.401 e. The van der Waals surface area contributed by atoms with Crippen LogP contribution in [0, 0.1) is 5.92 Å². The highest BCUT2D eigenvalue weighted by Crippen LogP contribution is 2.33. The Morgan fingerprint density at radius 2 is 2.09 bits per heavy atom. The van der Waals surface area contributed by atoms with Gasteiger partial charge in [0, 0.05) is 23.6 Å². The molecule has 5 N–H and O–H groups in total. The average Bonchev–Trinajstić information content (AvgIpc) is 2.65. The van der Waals surface area contributed by atoms with Crippen LogP contribution >= 0.6 is 0 Å². The first kappa shape index (κ1) is 25.6. The van der Waals surface area contributed by atoms with Gasteiger partial charge in [-0.2, -0.15) is 13.2 Å². The highest BCUT2D eigenvalue weighted by molar-refractivity contribution is 7.99. The number of nitrogens with one attached hydrogen (secondary N) is 2. The van der Waals surface area contributed by atoms with E-state index in [1.54, 1.807) is 32.4 Å². The molecular weight excluding hydrogens is 445 g/mol. The normalized spacial score (nSPS) is 19.6. The van der Waals surface area contributed by atoms with E-state index in [-0.39, 0.29) is 6.42 Å². The number of hydrogen-bond donors (Lipinski definition) is 4. The maximum absolute atomic E-state index is 12.9. The number of carbonyl (C=O) groups excluding carboxylic acids is 1. The number of pyridine rings is 1. The number of allylic oxidation sites excluding steroid dienone is 3. The third kappa shape index (κ3) is 7.20. The number of aliphatic hydroxyl groups is 1. The van der Waals surface area contributed by atoms with E-state index in [4.69, 9.17) is 5.73 Å². The SMILES string of the molecule is C=S(C)(=O)CC[NH+]=CC1=C(N)CC(C(C)(C)O)C(NC(=O)c2cccc(C(F)(F)F)n2)=C1. The minimum absolute atomic E-state index is 0.207. The minimum atomic E-state index is -4.68. The number of carbonyl (C=O) groups is 1. The molecule has 0 saturated carbocycles. The molecule has 2 atom stereocenters. The van der Waals surface area contributed by atoms with E-state index in [1.165, 1.54) is 6.07 Å². The molecule has 0 aromatic carbocycles. The van der Waals surface area contributed by atoms with Crippen LogP contribution in [0.15, 0.2) is 41.2 Å². The standard InChI is InChI=1S/C21H27F3N4O3S/c1-20(2,30)14-11-15(25)13(12-26-8-9-32(3,4)31)10-17(14)28-19(29)16-6-5-7-18(27-16)21(22,23)24/h5-7,10,12,14,30H,3,8-9,11,25H2,1-2,4H3,(H,28,29)/p+1. The first-order chi connectivity index (χ1) is 14.6. The Morgan fingerprint density at radius 3 is 2.66 bits per heavy atom. The Kier molecular flexibility index (Phi) is 7.56. The molecule has 0 radical (unpaired) electrons. The fourth-order valence-electron chi connectivity index (χ4n) is 3.07. The molecule has 1 amide bonds. The molecule has 7 nitrogen and oxygen atoms in total. The van der Waals surface area contributed by atoms with Crippen LogP contribution in [0.25, 0.3) is 0 Å². The van der Waals surface area contributed by atoms with Crippen molar-refractivity contribution in [1.29, 1.82) is 0 Å². The van der Waals surface area contributed by atoms with E-state index in [9.17, 15) is 27.3 Å². The Labute approximate surface area is 185 Å². The highest BCUT2D eigenvalue weighted by Gasteiger charge is 2.36. The van der Waals surface area contributed by atoms with E-state index in [1.807, 2.05) is 0 Å². The molecule has 1 aliphatic carbocycles. The number of hydrogen-bond acceptors (Lipinski definition) is 5. The lowest BCUT2D eigenvalue weighted by Gasteiger charge is -2.34. The largest absolute Gasteiger partial charge is 0.433 e. The van der Waals surface area contributed by atoms with Crippen LogP contribution in [0.2, 0.25) is 0 Å². The molecule has 0 bridgehead atoms. The summed E-state index contributed by atoms with van der Waals surface area (Å²) in [7, 11) is -2.16. The second-order valence-corrected chi connectivity index (χ2v) is 11.1. The number of alkyl halides is 3. The van der Waals surface area contributed by atoms with Crippen LogP contribution in [0.3, 0.4) is 0 Å². The first-order valence-corrected chi connectivity index (χ1v) is 12.0. The summed E-state index contributed by atoms with van der Waals surface area (Å²) in [5.41, 5.74) is 4.56. The Hall–Kier alpha value is -2.66. The summed E-state index contributed by atoms with van der Waals surface area (Å²) >= 11 is 0. The predicted octanol–water partition coefficient (Wildman–Crippen LogP) is 0.215. The summed E-state index contributed by atoms with van der Waals surface area (Å²) in [6.07, 6.45) is 0.214. The number of nitrogens with zero attached hydrogens (tertiary/aromatic N) is 1. The monoisotopic (exact) mass is 473 g/mol. The van der Waals surface area contributed by atoms with Crippen molar-refractivity contribution in [2.24, 2.45) is 11.7 Å². The van der Waals surface area contributed by atoms with Gasteiger partial charge in [-0.25, -0.2) is 9.98 Å². The van der Waals surface area contributed by atoms with Crippen molar-refractivity contribution in [3.05, 3.63) is 52.6 Å². The first-order valence-electron chi connectivity index (χ1n) is 9.72. The Balaban J connectivity index is 2.32. The van der Waals surface area contributed by atoms with E-state index < -0.39 is 44.5 Å². The third-order valence-electron chi connectivity index (χ3n) is 4.80.